The Kier molecular flexibility index (Phi) is 7.80. The summed E-state index contributed by atoms with van der Waals surface area (Å²) in [5.74, 6) is -3.07. The van der Waals surface area contributed by atoms with E-state index >= 15 is 0 Å². The van der Waals surface area contributed by atoms with Crippen LogP contribution in [0.4, 0.5) is 18.9 Å². The fraction of sp³-hybridized carbons (Fsp3) is 0.438. The van der Waals surface area contributed by atoms with Gasteiger partial charge in [0.15, 0.2) is 0 Å². The van der Waals surface area contributed by atoms with Crippen molar-refractivity contribution in [3.8, 4) is 0 Å². The van der Waals surface area contributed by atoms with Crippen LogP contribution < -0.4 is 9.77 Å². The number of carbonyl (C=O) groups excluding carboxylic acids is 3. The van der Waals surface area contributed by atoms with E-state index in [9.17, 15) is 32.3 Å². The quantitative estimate of drug-likeness (QED) is 0.325. The number of aromatic nitrogens is 1. The molecule has 12 heteroatoms. The van der Waals surface area contributed by atoms with E-state index in [1.807, 2.05) is 24.3 Å². The lowest BCUT2D eigenvalue weighted by Crippen LogP contribution is -2.39. The molecule has 3 atom stereocenters. The summed E-state index contributed by atoms with van der Waals surface area (Å²) in [7, 11) is 0. The van der Waals surface area contributed by atoms with E-state index in [0.29, 0.717) is 23.0 Å². The third-order valence-electron chi connectivity index (χ3n) is 8.62. The van der Waals surface area contributed by atoms with Crippen molar-refractivity contribution in [2.24, 2.45) is 5.92 Å². The number of anilines is 1. The number of alkyl halides is 3. The van der Waals surface area contributed by atoms with Crippen LogP contribution in [0.2, 0.25) is 0 Å². The molecule has 0 aliphatic carbocycles. The monoisotopic (exact) mass is 643 g/mol. The highest BCUT2D eigenvalue weighted by Gasteiger charge is 2.57. The number of thiazole rings is 1. The molecule has 232 valence electrons. The molecule has 3 amide bonds. The van der Waals surface area contributed by atoms with Crippen molar-refractivity contribution >= 4 is 46.5 Å². The summed E-state index contributed by atoms with van der Waals surface area (Å²) in [6, 6.07) is 11.9. The molecule has 0 N–H and O–H groups in total. The zero-order valence-corrected chi connectivity index (χ0v) is 26.2. The second kappa shape index (κ2) is 11.2. The highest BCUT2D eigenvalue weighted by molar-refractivity contribution is 8.00. The fourth-order valence-corrected chi connectivity index (χ4v) is 9.03. The third kappa shape index (κ3) is 5.40. The van der Waals surface area contributed by atoms with E-state index in [1.54, 1.807) is 4.90 Å². The molecule has 3 aliphatic rings. The number of carbonyl (C=O) groups is 3. The van der Waals surface area contributed by atoms with Gasteiger partial charge in [-0.15, -0.1) is 0 Å². The first-order valence-corrected chi connectivity index (χ1v) is 16.3. The largest absolute Gasteiger partial charge is 0.416 e. The molecular weight excluding hydrogens is 611 g/mol. The summed E-state index contributed by atoms with van der Waals surface area (Å²) in [5.41, 5.74) is 0.527. The summed E-state index contributed by atoms with van der Waals surface area (Å²) in [5, 5.41) is -0.522. The van der Waals surface area contributed by atoms with Gasteiger partial charge in [-0.1, -0.05) is 74.2 Å². The van der Waals surface area contributed by atoms with Crippen LogP contribution in [0.5, 0.6) is 0 Å². The van der Waals surface area contributed by atoms with E-state index in [4.69, 9.17) is 0 Å². The first-order chi connectivity index (χ1) is 20.8. The number of fused-ring (bicyclic) bond motifs is 2. The van der Waals surface area contributed by atoms with Crippen LogP contribution in [-0.2, 0) is 32.5 Å². The van der Waals surface area contributed by atoms with Gasteiger partial charge in [0.05, 0.1) is 22.2 Å². The molecule has 4 heterocycles. The zero-order valence-electron chi connectivity index (χ0n) is 24.5. The summed E-state index contributed by atoms with van der Waals surface area (Å²) >= 11 is 2.02. The van der Waals surface area contributed by atoms with Gasteiger partial charge in [-0.2, -0.15) is 13.2 Å². The van der Waals surface area contributed by atoms with Crippen LogP contribution in [0.1, 0.15) is 67.5 Å². The van der Waals surface area contributed by atoms with Crippen molar-refractivity contribution < 1.29 is 27.6 Å². The van der Waals surface area contributed by atoms with E-state index in [-0.39, 0.29) is 28.4 Å². The molecule has 0 bridgehead atoms. The van der Waals surface area contributed by atoms with E-state index in [1.165, 1.54) is 16.7 Å². The Morgan fingerprint density at radius 2 is 1.59 bits per heavy atom. The number of thioether (sulfide) groups is 1. The van der Waals surface area contributed by atoms with Crippen molar-refractivity contribution in [1.82, 2.24) is 9.47 Å². The minimum atomic E-state index is -4.65. The van der Waals surface area contributed by atoms with E-state index in [2.05, 4.69) is 20.8 Å². The van der Waals surface area contributed by atoms with Gasteiger partial charge < -0.3 is 4.90 Å². The highest BCUT2D eigenvalue weighted by Crippen LogP contribution is 2.54. The van der Waals surface area contributed by atoms with Gasteiger partial charge >= 0.3 is 11.0 Å². The second-order valence-corrected chi connectivity index (χ2v) is 14.7. The lowest BCUT2D eigenvalue weighted by molar-refractivity contribution is -0.137. The van der Waals surface area contributed by atoms with Crippen LogP contribution in [-0.4, -0.2) is 45.5 Å². The molecule has 1 aromatic heterocycles. The van der Waals surface area contributed by atoms with Gasteiger partial charge in [-0.25, -0.2) is 4.90 Å². The maximum atomic E-state index is 14.1. The number of nitrogens with zero attached hydrogens (tertiary/aromatic N) is 3. The van der Waals surface area contributed by atoms with Gasteiger partial charge in [0.2, 0.25) is 17.7 Å². The van der Waals surface area contributed by atoms with Gasteiger partial charge in [0, 0.05) is 23.9 Å². The standard InChI is InChI=1S/C32H32F3N3O4S2/c1-31(2,3)19-12-10-18(11-13-19)23-24-25(28(41)38(27(24)40)21-9-7-8-20(16-21)32(33,34)35)43-29-26(23)44-30(42)37(29)17-22(39)36-14-5-4-6-15-36/h7-13,16,23-25H,4-6,14-15,17H2,1-3H3/t23-,24-,25+/m0/s1. The predicted molar refractivity (Wildman–Crippen MR) is 163 cm³/mol. The van der Waals surface area contributed by atoms with Gasteiger partial charge in [0.25, 0.3) is 0 Å². The Morgan fingerprint density at radius 3 is 2.23 bits per heavy atom. The predicted octanol–water partition coefficient (Wildman–Crippen LogP) is 6.03. The van der Waals surface area contributed by atoms with Crippen LogP contribution in [0.15, 0.2) is 58.4 Å². The Bertz CT molecular complexity index is 1680. The van der Waals surface area contributed by atoms with Crippen LogP contribution >= 0.6 is 23.1 Å². The number of benzene rings is 2. The molecule has 2 aromatic carbocycles. The summed E-state index contributed by atoms with van der Waals surface area (Å²) < 4.78 is 42.0. The lowest BCUT2D eigenvalue weighted by atomic mass is 9.81. The molecular formula is C32H32F3N3O4S2. The number of hydrogen-bond donors (Lipinski definition) is 0. The third-order valence-corrected chi connectivity index (χ3v) is 11.2. The SMILES string of the molecule is CC(C)(C)c1ccc([C@@H]2c3sc(=O)n(CC(=O)N4CCCCC4)c3S[C@H]3C(=O)N(c4cccc(C(F)(F)F)c4)C(=O)[C@@H]23)cc1. The van der Waals surface area contributed by atoms with Crippen molar-refractivity contribution in [2.45, 2.75) is 74.4 Å². The Hall–Kier alpha value is -3.38. The number of rotatable bonds is 4. The van der Waals surface area contributed by atoms with Gasteiger partial charge in [-0.3, -0.25) is 23.7 Å². The summed E-state index contributed by atoms with van der Waals surface area (Å²) in [4.78, 5) is 57.5. The first kappa shape index (κ1) is 30.6. The van der Waals surface area contributed by atoms with E-state index < -0.39 is 40.6 Å². The molecule has 44 heavy (non-hydrogen) atoms. The smallest absolute Gasteiger partial charge is 0.341 e. The van der Waals surface area contributed by atoms with Gasteiger partial charge in [-0.05, 0) is 54.0 Å². The fourth-order valence-electron chi connectivity index (χ4n) is 6.26. The molecule has 7 nitrogen and oxygen atoms in total. The van der Waals surface area contributed by atoms with Crippen LogP contribution in [0.3, 0.4) is 0 Å². The van der Waals surface area contributed by atoms with Crippen LogP contribution in [0, 0.1) is 5.92 Å². The van der Waals surface area contributed by atoms with Crippen molar-refractivity contribution in [1.29, 1.82) is 0 Å². The molecule has 0 radical (unpaired) electrons. The lowest BCUT2D eigenvalue weighted by Gasteiger charge is -2.31. The number of piperidine rings is 1. The zero-order chi connectivity index (χ0) is 31.6. The Morgan fingerprint density at radius 1 is 0.909 bits per heavy atom. The Labute approximate surface area is 261 Å². The number of imide groups is 1. The number of hydrogen-bond acceptors (Lipinski definition) is 6. The van der Waals surface area contributed by atoms with Crippen LogP contribution in [0.25, 0.3) is 0 Å². The second-order valence-electron chi connectivity index (χ2n) is 12.5. The van der Waals surface area contributed by atoms with E-state index in [0.717, 1.165) is 70.5 Å². The minimum Gasteiger partial charge on any atom is -0.341 e. The molecule has 2 fully saturated rings. The summed E-state index contributed by atoms with van der Waals surface area (Å²) in [6.45, 7) is 7.29. The maximum absolute atomic E-state index is 14.1. The first-order valence-electron chi connectivity index (χ1n) is 14.6. The minimum absolute atomic E-state index is 0.142. The van der Waals surface area contributed by atoms with Crippen molar-refractivity contribution in [3.05, 3.63) is 79.8 Å². The molecule has 0 spiro atoms. The average molecular weight is 644 g/mol. The van der Waals surface area contributed by atoms with Crippen molar-refractivity contribution in [3.63, 3.8) is 0 Å². The maximum Gasteiger partial charge on any atom is 0.416 e. The molecule has 0 saturated carbocycles. The molecule has 3 aromatic rings. The van der Waals surface area contributed by atoms with Crippen molar-refractivity contribution in [2.75, 3.05) is 18.0 Å². The molecule has 0 unspecified atom stereocenters. The average Bonchev–Trinajstić information content (AvgIpc) is 3.43. The molecule has 2 saturated heterocycles. The number of halogens is 3. The molecule has 3 aliphatic heterocycles. The Balaban J connectivity index is 1.44. The van der Waals surface area contributed by atoms with Gasteiger partial charge in [0.1, 0.15) is 11.8 Å². The number of amides is 3. The molecule has 6 rings (SSSR count). The normalized spacial score (nSPS) is 22.3. The number of likely N-dealkylation sites (tertiary alicyclic amines) is 1. The topological polar surface area (TPSA) is 79.7 Å². The highest BCUT2D eigenvalue weighted by atomic mass is 32.2. The summed E-state index contributed by atoms with van der Waals surface area (Å²) in [6.07, 6.45) is -1.81.